The van der Waals surface area contributed by atoms with Gasteiger partial charge in [-0.1, -0.05) is 22.7 Å². The molecule has 0 saturated heterocycles. The summed E-state index contributed by atoms with van der Waals surface area (Å²) in [5.74, 6) is 0. The van der Waals surface area contributed by atoms with Crippen LogP contribution in [0, 0.1) is 22.7 Å². The summed E-state index contributed by atoms with van der Waals surface area (Å²) in [6.07, 6.45) is 2.71. The lowest BCUT2D eigenvalue weighted by Crippen LogP contribution is -1.87. The predicted octanol–water partition coefficient (Wildman–Crippen LogP) is 1.19. The van der Waals surface area contributed by atoms with Gasteiger partial charge in [0.15, 0.2) is 21.4 Å². The van der Waals surface area contributed by atoms with Crippen LogP contribution in [0.2, 0.25) is 0 Å². The maximum absolute atomic E-state index is 9.01. The molecule has 0 amide bonds. The van der Waals surface area contributed by atoms with Crippen LogP contribution in [0.1, 0.15) is 10.0 Å². The first-order chi connectivity index (χ1) is 9.83. The van der Waals surface area contributed by atoms with E-state index in [0.29, 0.717) is 10.0 Å². The maximum Gasteiger partial charge on any atom is 0.177 e. The minimum Gasteiger partial charge on any atom is -0.239 e. The Morgan fingerprint density at radius 2 is 1.40 bits per heavy atom. The normalized spacial score (nSPS) is 12.3. The van der Waals surface area contributed by atoms with Crippen molar-refractivity contribution >= 4 is 35.1 Å². The first kappa shape index (κ1) is 13.6. The molecule has 20 heavy (non-hydrogen) atoms. The predicted molar refractivity (Wildman–Crippen MR) is 73.3 cm³/mol. The second-order valence-corrected chi connectivity index (χ2v) is 4.72. The van der Waals surface area contributed by atoms with Gasteiger partial charge in [0, 0.05) is 0 Å². The van der Waals surface area contributed by atoms with E-state index in [1.54, 1.807) is 0 Å². The average molecular weight is 300 g/mol. The monoisotopic (exact) mass is 300 g/mol. The van der Waals surface area contributed by atoms with Crippen molar-refractivity contribution in [1.82, 2.24) is 20.4 Å². The van der Waals surface area contributed by atoms with Gasteiger partial charge in [-0.3, -0.25) is 0 Å². The molecule has 0 aliphatic rings. The number of aromatic nitrogens is 4. The first-order valence-electron chi connectivity index (χ1n) is 4.98. The van der Waals surface area contributed by atoms with Crippen molar-refractivity contribution < 1.29 is 0 Å². The van der Waals surface area contributed by atoms with Crippen LogP contribution in [0.15, 0.2) is 32.4 Å². The van der Waals surface area contributed by atoms with Crippen molar-refractivity contribution in [3.05, 3.63) is 32.4 Å². The molecule has 2 aromatic heterocycles. The molecule has 8 nitrogen and oxygen atoms in total. The number of hydrogen-bond donors (Lipinski definition) is 0. The highest BCUT2D eigenvalue weighted by atomic mass is 32.1. The Morgan fingerprint density at radius 3 is 1.70 bits per heavy atom. The van der Waals surface area contributed by atoms with Crippen molar-refractivity contribution in [2.24, 2.45) is 9.98 Å². The van der Waals surface area contributed by atoms with Gasteiger partial charge in [0.2, 0.25) is 0 Å². The Hall–Kier alpha value is -2.82. The molecule has 0 atom stereocenters. The Labute approximate surface area is 121 Å². The quantitative estimate of drug-likeness (QED) is 0.617. The van der Waals surface area contributed by atoms with Crippen LogP contribution in [0.25, 0.3) is 0 Å². The van der Waals surface area contributed by atoms with Gasteiger partial charge < -0.3 is 0 Å². The third kappa shape index (κ3) is 3.58. The smallest absolute Gasteiger partial charge is 0.177 e. The van der Waals surface area contributed by atoms with Crippen molar-refractivity contribution in [3.8, 4) is 12.1 Å². The molecule has 10 heteroatoms. The Bertz CT molecular complexity index is 663. The van der Waals surface area contributed by atoms with Gasteiger partial charge in [-0.2, -0.15) is 10.5 Å². The fourth-order valence-corrected chi connectivity index (χ4v) is 1.82. The number of hydrogen-bond acceptors (Lipinski definition) is 10. The summed E-state index contributed by atoms with van der Waals surface area (Å²) < 4.78 is 0. The van der Waals surface area contributed by atoms with Crippen LogP contribution in [0.3, 0.4) is 0 Å². The van der Waals surface area contributed by atoms with Gasteiger partial charge in [0.1, 0.15) is 23.2 Å². The molecule has 0 aliphatic heterocycles. The lowest BCUT2D eigenvalue weighted by atomic mass is 10.4. The highest BCUT2D eigenvalue weighted by Gasteiger charge is 2.03. The minimum atomic E-state index is -0.108. The van der Waals surface area contributed by atoms with E-state index >= 15 is 0 Å². The molecular weight excluding hydrogens is 296 g/mol. The van der Waals surface area contributed by atoms with Crippen LogP contribution < -0.4 is 0 Å². The largest absolute Gasteiger partial charge is 0.239 e. The summed E-state index contributed by atoms with van der Waals surface area (Å²) in [4.78, 5) is 7.78. The Morgan fingerprint density at radius 1 is 0.950 bits per heavy atom. The van der Waals surface area contributed by atoms with E-state index in [0.717, 1.165) is 0 Å². The second-order valence-electron chi connectivity index (χ2n) is 2.99. The van der Waals surface area contributed by atoms with Gasteiger partial charge in [0.25, 0.3) is 0 Å². The fourth-order valence-electron chi connectivity index (χ4n) is 1.00. The van der Waals surface area contributed by atoms with Gasteiger partial charge >= 0.3 is 0 Å². The number of nitrogens with zero attached hydrogens (tertiary/aromatic N) is 8. The third-order valence-electron chi connectivity index (χ3n) is 1.80. The van der Waals surface area contributed by atoms with E-state index in [9.17, 15) is 0 Å². The molecule has 0 unspecified atom stereocenters. The summed E-state index contributed by atoms with van der Waals surface area (Å²) in [6.45, 7) is 0. The van der Waals surface area contributed by atoms with Gasteiger partial charge in [-0.05, 0) is 0 Å². The zero-order valence-electron chi connectivity index (χ0n) is 9.70. The summed E-state index contributed by atoms with van der Waals surface area (Å²) >= 11 is 2.53. The van der Waals surface area contributed by atoms with Gasteiger partial charge in [-0.25, -0.2) is 9.98 Å². The number of allylic oxidation sites excluding steroid dienone is 2. The zero-order chi connectivity index (χ0) is 14.2. The molecule has 0 aliphatic carbocycles. The van der Waals surface area contributed by atoms with Gasteiger partial charge in [-0.15, -0.1) is 20.4 Å². The molecule has 2 rings (SSSR count). The number of nitriles is 2. The van der Waals surface area contributed by atoms with Crippen LogP contribution in [0.4, 0.5) is 0 Å². The zero-order valence-corrected chi connectivity index (χ0v) is 11.3. The molecule has 0 N–H and O–H groups in total. The average Bonchev–Trinajstić information content (AvgIpc) is 3.15. The third-order valence-corrected chi connectivity index (χ3v) is 3.05. The summed E-state index contributed by atoms with van der Waals surface area (Å²) in [5, 5.41) is 33.8. The fraction of sp³-hybridized carbons (Fsp3) is 0. The van der Waals surface area contributed by atoms with Crippen molar-refractivity contribution in [1.29, 1.82) is 10.5 Å². The lowest BCUT2D eigenvalue weighted by Gasteiger charge is -1.90. The van der Waals surface area contributed by atoms with Crippen molar-refractivity contribution in [2.45, 2.75) is 0 Å². The molecule has 96 valence electrons. The molecular formula is C10H4N8S2. The van der Waals surface area contributed by atoms with Crippen LogP contribution in [-0.4, -0.2) is 32.8 Å². The summed E-state index contributed by atoms with van der Waals surface area (Å²) in [7, 11) is 0. The van der Waals surface area contributed by atoms with E-state index in [2.05, 4.69) is 30.4 Å². The van der Waals surface area contributed by atoms with Crippen molar-refractivity contribution in [2.75, 3.05) is 0 Å². The minimum absolute atomic E-state index is 0.108. The second kappa shape index (κ2) is 6.94. The maximum atomic E-state index is 9.01. The lowest BCUT2D eigenvalue weighted by molar-refractivity contribution is 1.08. The summed E-state index contributed by atoms with van der Waals surface area (Å²) in [5.41, 5.74) is 2.86. The molecule has 2 heterocycles. The molecule has 2 aromatic rings. The molecule has 0 bridgehead atoms. The molecule has 0 radical (unpaired) electrons. The summed E-state index contributed by atoms with van der Waals surface area (Å²) in [6, 6.07) is 3.63. The van der Waals surface area contributed by atoms with Crippen LogP contribution >= 0.6 is 22.7 Å². The van der Waals surface area contributed by atoms with E-state index in [1.165, 1.54) is 46.1 Å². The topological polar surface area (TPSA) is 124 Å². The first-order valence-corrected chi connectivity index (χ1v) is 6.74. The van der Waals surface area contributed by atoms with Crippen LogP contribution in [0.5, 0.6) is 0 Å². The Balaban J connectivity index is 2.25. The number of aliphatic imine (C=N–C) groups is 2. The SMILES string of the molecule is N#C/C(N=Cc1nncs1)=C(\C#N)N=Cc1nncs1. The van der Waals surface area contributed by atoms with E-state index in [1.807, 2.05) is 12.1 Å². The highest BCUT2D eigenvalue weighted by Crippen LogP contribution is 2.08. The van der Waals surface area contributed by atoms with Crippen molar-refractivity contribution in [3.63, 3.8) is 0 Å². The van der Waals surface area contributed by atoms with E-state index < -0.39 is 0 Å². The van der Waals surface area contributed by atoms with Crippen LogP contribution in [-0.2, 0) is 0 Å². The Kier molecular flexibility index (Phi) is 4.72. The van der Waals surface area contributed by atoms with E-state index in [-0.39, 0.29) is 11.4 Å². The standard InChI is InChI=1S/C10H4N8S2/c11-1-7(13-3-9-17-15-5-19-9)8(2-12)14-4-10-18-16-6-20-10/h3-6H/b8-7-,13-3?,14-4?. The molecule has 0 fully saturated rings. The molecule has 0 spiro atoms. The molecule has 0 aromatic carbocycles. The molecule has 0 saturated carbocycles. The van der Waals surface area contributed by atoms with Gasteiger partial charge in [0.05, 0.1) is 12.4 Å². The van der Waals surface area contributed by atoms with E-state index in [4.69, 9.17) is 10.5 Å². The highest BCUT2D eigenvalue weighted by molar-refractivity contribution is 7.11. The number of rotatable bonds is 4.